The average molecular weight is 211 g/mol. The Hall–Kier alpha value is -1.62. The van der Waals surface area contributed by atoms with Gasteiger partial charge in [-0.15, -0.1) is 6.58 Å². The summed E-state index contributed by atoms with van der Waals surface area (Å²) in [6.07, 6.45) is 2.93. The molecule has 2 aromatic rings. The normalized spacial score (nSPS) is 10.6. The topological polar surface area (TPSA) is 63.6 Å². The first-order valence-corrected chi connectivity index (χ1v) is 4.31. The second-order valence-electron chi connectivity index (χ2n) is 2.69. The minimum absolute atomic E-state index is 0.245. The molecule has 0 saturated heterocycles. The average Bonchev–Trinajstić information content (AvgIpc) is 2.47. The molecule has 2 aromatic heterocycles. The number of hydrogen-bond acceptors (Lipinski definition) is 3. The van der Waals surface area contributed by atoms with Crippen LogP contribution in [0.25, 0.3) is 11.2 Å². The Morgan fingerprint density at radius 2 is 2.43 bits per heavy atom. The molecule has 0 aliphatic heterocycles. The highest BCUT2D eigenvalue weighted by molar-refractivity contribution is 6.33. The number of allylic oxidation sites excluding steroid dienone is 1. The molecule has 0 atom stereocenters. The first kappa shape index (κ1) is 8.96. The van der Waals surface area contributed by atoms with Gasteiger partial charge >= 0.3 is 5.69 Å². The summed E-state index contributed by atoms with van der Waals surface area (Å²) in [5, 5.41) is 0.245. The molecule has 0 radical (unpaired) electrons. The molecule has 0 amide bonds. The van der Waals surface area contributed by atoms with Crippen molar-refractivity contribution >= 4 is 22.8 Å². The fraction of sp³-hybridized carbons (Fsp3) is 0.125. The number of fused-ring (bicyclic) bond motifs is 1. The molecule has 0 unspecified atom stereocenters. The number of aromatic amines is 1. The molecule has 0 aliphatic rings. The molecule has 0 aromatic carbocycles. The van der Waals surface area contributed by atoms with Crippen molar-refractivity contribution in [2.45, 2.75) is 6.54 Å². The minimum atomic E-state index is -0.262. The molecule has 14 heavy (non-hydrogen) atoms. The van der Waals surface area contributed by atoms with Crippen LogP contribution in [0, 0.1) is 0 Å². The second kappa shape index (κ2) is 3.26. The minimum Gasteiger partial charge on any atom is -0.302 e. The van der Waals surface area contributed by atoms with Gasteiger partial charge in [-0.25, -0.2) is 14.8 Å². The predicted octanol–water partition coefficient (Wildman–Crippen LogP) is 0.959. The molecular formula is C8H7ClN4O. The summed E-state index contributed by atoms with van der Waals surface area (Å²) in [6.45, 7) is 3.95. The standard InChI is InChI=1S/C8H7ClN4O/c1-2-3-13-7-5(12-8(13)14)6(9)10-4-11-7/h2,4H,1,3H2,(H,12,14). The van der Waals surface area contributed by atoms with Crippen LogP contribution in [-0.4, -0.2) is 19.5 Å². The van der Waals surface area contributed by atoms with E-state index in [-0.39, 0.29) is 10.8 Å². The lowest BCUT2D eigenvalue weighted by Crippen LogP contribution is -2.15. The summed E-state index contributed by atoms with van der Waals surface area (Å²) in [5.74, 6) is 0. The molecule has 0 spiro atoms. The van der Waals surface area contributed by atoms with Crippen LogP contribution in [0.2, 0.25) is 5.15 Å². The first-order chi connectivity index (χ1) is 6.74. The van der Waals surface area contributed by atoms with Gasteiger partial charge in [-0.3, -0.25) is 4.57 Å². The van der Waals surface area contributed by atoms with Gasteiger partial charge in [-0.05, 0) is 0 Å². The highest BCUT2D eigenvalue weighted by Gasteiger charge is 2.09. The number of hydrogen-bond donors (Lipinski definition) is 1. The number of halogens is 1. The van der Waals surface area contributed by atoms with Gasteiger partial charge in [0, 0.05) is 6.54 Å². The number of aromatic nitrogens is 4. The van der Waals surface area contributed by atoms with Crippen LogP contribution < -0.4 is 5.69 Å². The molecule has 0 fully saturated rings. The molecule has 0 bridgehead atoms. The summed E-state index contributed by atoms with van der Waals surface area (Å²) in [4.78, 5) is 21.7. The number of nitrogens with zero attached hydrogens (tertiary/aromatic N) is 3. The maximum absolute atomic E-state index is 11.4. The molecule has 2 rings (SSSR count). The van der Waals surface area contributed by atoms with Gasteiger partial charge in [0.05, 0.1) is 0 Å². The fourth-order valence-electron chi connectivity index (χ4n) is 1.24. The maximum atomic E-state index is 11.4. The van der Waals surface area contributed by atoms with Crippen LogP contribution in [-0.2, 0) is 6.54 Å². The summed E-state index contributed by atoms with van der Waals surface area (Å²) in [7, 11) is 0. The van der Waals surface area contributed by atoms with Gasteiger partial charge in [0.15, 0.2) is 10.8 Å². The Balaban J connectivity index is 2.83. The summed E-state index contributed by atoms with van der Waals surface area (Å²) >= 11 is 5.78. The van der Waals surface area contributed by atoms with Gasteiger partial charge in [0.1, 0.15) is 11.8 Å². The first-order valence-electron chi connectivity index (χ1n) is 3.94. The Morgan fingerprint density at radius 1 is 1.64 bits per heavy atom. The second-order valence-corrected chi connectivity index (χ2v) is 3.05. The lowest BCUT2D eigenvalue weighted by molar-refractivity contribution is 0.799. The van der Waals surface area contributed by atoms with Crippen LogP contribution in [0.4, 0.5) is 0 Å². The quantitative estimate of drug-likeness (QED) is 0.593. The molecule has 5 nitrogen and oxygen atoms in total. The van der Waals surface area contributed by atoms with E-state index in [1.165, 1.54) is 10.9 Å². The third-order valence-electron chi connectivity index (χ3n) is 1.83. The van der Waals surface area contributed by atoms with E-state index in [0.29, 0.717) is 17.7 Å². The van der Waals surface area contributed by atoms with E-state index < -0.39 is 0 Å². The summed E-state index contributed by atoms with van der Waals surface area (Å²) < 4.78 is 1.44. The molecule has 2 heterocycles. The SMILES string of the molecule is C=CCn1c(=O)[nH]c2c(Cl)ncnc21. The number of nitrogens with one attached hydrogen (secondary N) is 1. The van der Waals surface area contributed by atoms with E-state index in [1.54, 1.807) is 6.08 Å². The number of imidazole rings is 1. The van der Waals surface area contributed by atoms with Crippen molar-refractivity contribution in [1.29, 1.82) is 0 Å². The van der Waals surface area contributed by atoms with E-state index in [0.717, 1.165) is 0 Å². The van der Waals surface area contributed by atoms with E-state index in [9.17, 15) is 4.79 Å². The molecule has 6 heteroatoms. The van der Waals surface area contributed by atoms with Crippen LogP contribution >= 0.6 is 11.6 Å². The van der Waals surface area contributed by atoms with E-state index in [4.69, 9.17) is 11.6 Å². The lowest BCUT2D eigenvalue weighted by Gasteiger charge is -1.96. The molecular weight excluding hydrogens is 204 g/mol. The lowest BCUT2D eigenvalue weighted by atomic mass is 10.5. The predicted molar refractivity (Wildman–Crippen MR) is 53.4 cm³/mol. The zero-order chi connectivity index (χ0) is 10.1. The van der Waals surface area contributed by atoms with E-state index in [2.05, 4.69) is 21.5 Å². The maximum Gasteiger partial charge on any atom is 0.328 e. The van der Waals surface area contributed by atoms with E-state index in [1.807, 2.05) is 0 Å². The molecule has 0 saturated carbocycles. The van der Waals surface area contributed by atoms with Crippen LogP contribution in [0.15, 0.2) is 23.8 Å². The van der Waals surface area contributed by atoms with Gasteiger partial charge in [0.25, 0.3) is 0 Å². The number of rotatable bonds is 2. The van der Waals surface area contributed by atoms with E-state index >= 15 is 0 Å². The Labute approximate surface area is 84.1 Å². The summed E-state index contributed by atoms with van der Waals surface area (Å²) in [5.41, 5.74) is 0.693. The van der Waals surface area contributed by atoms with Gasteiger partial charge in [-0.1, -0.05) is 17.7 Å². The van der Waals surface area contributed by atoms with Crippen LogP contribution in [0.5, 0.6) is 0 Å². The number of H-pyrrole nitrogens is 1. The van der Waals surface area contributed by atoms with Crippen molar-refractivity contribution in [2.24, 2.45) is 0 Å². The fourth-order valence-corrected chi connectivity index (χ4v) is 1.41. The van der Waals surface area contributed by atoms with Crippen molar-refractivity contribution < 1.29 is 0 Å². The highest BCUT2D eigenvalue weighted by atomic mass is 35.5. The zero-order valence-corrected chi connectivity index (χ0v) is 7.95. The third kappa shape index (κ3) is 1.22. The van der Waals surface area contributed by atoms with Crippen LogP contribution in [0.3, 0.4) is 0 Å². The third-order valence-corrected chi connectivity index (χ3v) is 2.11. The Kier molecular flexibility index (Phi) is 2.09. The Morgan fingerprint density at radius 3 is 3.14 bits per heavy atom. The van der Waals surface area contributed by atoms with Crippen LogP contribution in [0.1, 0.15) is 0 Å². The highest BCUT2D eigenvalue weighted by Crippen LogP contribution is 2.14. The largest absolute Gasteiger partial charge is 0.328 e. The summed E-state index contributed by atoms with van der Waals surface area (Å²) in [6, 6.07) is 0. The smallest absolute Gasteiger partial charge is 0.302 e. The monoisotopic (exact) mass is 210 g/mol. The van der Waals surface area contributed by atoms with Crippen molar-refractivity contribution in [3.63, 3.8) is 0 Å². The van der Waals surface area contributed by atoms with Crippen molar-refractivity contribution in [3.05, 3.63) is 34.6 Å². The molecule has 72 valence electrons. The van der Waals surface area contributed by atoms with Crippen molar-refractivity contribution in [3.8, 4) is 0 Å². The molecule has 0 aliphatic carbocycles. The van der Waals surface area contributed by atoms with Crippen molar-refractivity contribution in [1.82, 2.24) is 19.5 Å². The van der Waals surface area contributed by atoms with Crippen molar-refractivity contribution in [2.75, 3.05) is 0 Å². The van der Waals surface area contributed by atoms with Gasteiger partial charge < -0.3 is 4.98 Å². The molecule has 1 N–H and O–H groups in total. The zero-order valence-electron chi connectivity index (χ0n) is 7.20. The Bertz CT molecular complexity index is 542. The van der Waals surface area contributed by atoms with Gasteiger partial charge in [-0.2, -0.15) is 0 Å². The van der Waals surface area contributed by atoms with Gasteiger partial charge in [0.2, 0.25) is 0 Å².